The fourth-order valence-corrected chi connectivity index (χ4v) is 1.20. The Kier molecular flexibility index (Phi) is 3.00. The van der Waals surface area contributed by atoms with Crippen LogP contribution in [-0.4, -0.2) is 9.97 Å². The number of hydrogen-bond acceptors (Lipinski definition) is 4. The predicted octanol–water partition coefficient (Wildman–Crippen LogP) is 1.33. The maximum absolute atomic E-state index is 8.73. The van der Waals surface area contributed by atoms with E-state index in [0.717, 1.165) is 5.56 Å². The molecule has 2 aromatic rings. The highest BCUT2D eigenvalue weighted by molar-refractivity contribution is 5.54. The van der Waals surface area contributed by atoms with Crippen LogP contribution in [0, 0.1) is 23.2 Å². The molecule has 80 valence electrons. The van der Waals surface area contributed by atoms with Crippen molar-refractivity contribution in [2.45, 2.75) is 0 Å². The van der Waals surface area contributed by atoms with Crippen LogP contribution in [-0.2, 0) is 0 Å². The summed E-state index contributed by atoms with van der Waals surface area (Å²) in [6, 6.07) is 8.72. The number of hydrogen-bond donors (Lipinski definition) is 1. The Bertz CT molecular complexity index is 630. The summed E-state index contributed by atoms with van der Waals surface area (Å²) in [6.45, 7) is 0. The fraction of sp³-hybridized carbons (Fsp3) is 0. The molecular formula is C13H8N4. The molecule has 0 aliphatic heterocycles. The number of anilines is 1. The molecule has 0 aromatic carbocycles. The van der Waals surface area contributed by atoms with Crippen molar-refractivity contribution in [1.29, 1.82) is 5.26 Å². The molecule has 0 amide bonds. The Morgan fingerprint density at radius 3 is 2.53 bits per heavy atom. The standard InChI is InChI=1S/C13H8N4/c14-9-11-2-3-12(15)13(17-11)4-1-10-5-7-16-8-6-10/h2-3,5-8H,15H2. The number of aromatic nitrogens is 2. The Hall–Kier alpha value is -2.85. The van der Waals surface area contributed by atoms with Crippen LogP contribution in [0.25, 0.3) is 0 Å². The summed E-state index contributed by atoms with van der Waals surface area (Å²) >= 11 is 0. The zero-order chi connectivity index (χ0) is 12.1. The third-order valence-electron chi connectivity index (χ3n) is 2.05. The first-order chi connectivity index (χ1) is 8.29. The molecule has 2 N–H and O–H groups in total. The van der Waals surface area contributed by atoms with Gasteiger partial charge in [0.2, 0.25) is 0 Å². The molecular weight excluding hydrogens is 212 g/mol. The molecule has 0 spiro atoms. The quantitative estimate of drug-likeness (QED) is 0.679. The van der Waals surface area contributed by atoms with Gasteiger partial charge >= 0.3 is 0 Å². The minimum atomic E-state index is 0.304. The third-order valence-corrected chi connectivity index (χ3v) is 2.05. The molecule has 0 saturated heterocycles. The number of nitrogens with two attached hydrogens (primary N) is 1. The van der Waals surface area contributed by atoms with Gasteiger partial charge in [0.05, 0.1) is 5.69 Å². The molecule has 0 bridgehead atoms. The topological polar surface area (TPSA) is 75.6 Å². The first kappa shape index (κ1) is 10.7. The molecule has 0 radical (unpaired) electrons. The van der Waals surface area contributed by atoms with Crippen LogP contribution in [0.2, 0.25) is 0 Å². The van der Waals surface area contributed by atoms with Gasteiger partial charge in [-0.1, -0.05) is 5.92 Å². The van der Waals surface area contributed by atoms with Crippen molar-refractivity contribution in [3.8, 4) is 17.9 Å². The average molecular weight is 220 g/mol. The zero-order valence-corrected chi connectivity index (χ0v) is 8.88. The smallest absolute Gasteiger partial charge is 0.142 e. The summed E-state index contributed by atoms with van der Waals surface area (Å²) < 4.78 is 0. The van der Waals surface area contributed by atoms with Crippen molar-refractivity contribution in [3.05, 3.63) is 53.6 Å². The van der Waals surface area contributed by atoms with E-state index < -0.39 is 0 Å². The summed E-state index contributed by atoms with van der Waals surface area (Å²) in [6.07, 6.45) is 3.32. The molecule has 0 aliphatic carbocycles. The first-order valence-corrected chi connectivity index (χ1v) is 4.88. The van der Waals surface area contributed by atoms with Gasteiger partial charge in [0.1, 0.15) is 17.5 Å². The highest BCUT2D eigenvalue weighted by atomic mass is 14.7. The van der Waals surface area contributed by atoms with E-state index in [9.17, 15) is 0 Å². The minimum absolute atomic E-state index is 0.304. The van der Waals surface area contributed by atoms with E-state index in [1.807, 2.05) is 6.07 Å². The van der Waals surface area contributed by atoms with E-state index in [2.05, 4.69) is 21.8 Å². The van der Waals surface area contributed by atoms with Gasteiger partial charge in [-0.3, -0.25) is 4.98 Å². The first-order valence-electron chi connectivity index (χ1n) is 4.88. The van der Waals surface area contributed by atoms with Crippen molar-refractivity contribution in [3.63, 3.8) is 0 Å². The van der Waals surface area contributed by atoms with E-state index >= 15 is 0 Å². The monoisotopic (exact) mass is 220 g/mol. The van der Waals surface area contributed by atoms with Crippen molar-refractivity contribution < 1.29 is 0 Å². The maximum Gasteiger partial charge on any atom is 0.142 e. The molecule has 4 nitrogen and oxygen atoms in total. The fourth-order valence-electron chi connectivity index (χ4n) is 1.20. The second-order valence-electron chi connectivity index (χ2n) is 3.23. The highest BCUT2D eigenvalue weighted by Gasteiger charge is 1.99. The predicted molar refractivity (Wildman–Crippen MR) is 63.6 cm³/mol. The van der Waals surface area contributed by atoms with Crippen molar-refractivity contribution in [2.24, 2.45) is 0 Å². The van der Waals surface area contributed by atoms with E-state index in [1.54, 1.807) is 36.7 Å². The van der Waals surface area contributed by atoms with Crippen molar-refractivity contribution >= 4 is 5.69 Å². The summed E-state index contributed by atoms with van der Waals surface area (Å²) in [5.74, 6) is 5.75. The van der Waals surface area contributed by atoms with E-state index in [1.165, 1.54) is 0 Å². The van der Waals surface area contributed by atoms with Gasteiger partial charge in [0.25, 0.3) is 0 Å². The second kappa shape index (κ2) is 4.78. The van der Waals surface area contributed by atoms with Gasteiger partial charge < -0.3 is 5.73 Å². The van der Waals surface area contributed by atoms with Gasteiger partial charge in [-0.15, -0.1) is 0 Å². The lowest BCUT2D eigenvalue weighted by Gasteiger charge is -1.96. The molecule has 4 heteroatoms. The third kappa shape index (κ3) is 2.58. The van der Waals surface area contributed by atoms with Crippen LogP contribution in [0.15, 0.2) is 36.7 Å². The number of nitrogen functional groups attached to an aromatic ring is 1. The Morgan fingerprint density at radius 1 is 1.06 bits per heavy atom. The summed E-state index contributed by atoms with van der Waals surface area (Å²) in [4.78, 5) is 7.92. The second-order valence-corrected chi connectivity index (χ2v) is 3.23. The van der Waals surface area contributed by atoms with Gasteiger partial charge in [-0.25, -0.2) is 4.98 Å². The SMILES string of the molecule is N#Cc1ccc(N)c(C#Cc2ccncc2)n1. The number of nitriles is 1. The van der Waals surface area contributed by atoms with E-state index in [4.69, 9.17) is 11.0 Å². The van der Waals surface area contributed by atoms with Gasteiger partial charge in [0.15, 0.2) is 0 Å². The zero-order valence-electron chi connectivity index (χ0n) is 8.88. The Balaban J connectivity index is 2.37. The Labute approximate surface area is 98.8 Å². The van der Waals surface area contributed by atoms with Crippen LogP contribution in [0.1, 0.15) is 17.0 Å². The van der Waals surface area contributed by atoms with Crippen LogP contribution < -0.4 is 5.73 Å². The molecule has 2 aromatic heterocycles. The minimum Gasteiger partial charge on any atom is -0.396 e. The van der Waals surface area contributed by atoms with Crippen LogP contribution in [0.3, 0.4) is 0 Å². The van der Waals surface area contributed by atoms with Gasteiger partial charge in [-0.05, 0) is 30.2 Å². The maximum atomic E-state index is 8.73. The molecule has 0 aliphatic rings. The van der Waals surface area contributed by atoms with Gasteiger partial charge in [-0.2, -0.15) is 5.26 Å². The van der Waals surface area contributed by atoms with Crippen molar-refractivity contribution in [2.75, 3.05) is 5.73 Å². The molecule has 2 heterocycles. The molecule has 17 heavy (non-hydrogen) atoms. The molecule has 0 saturated carbocycles. The van der Waals surface area contributed by atoms with Crippen LogP contribution >= 0.6 is 0 Å². The molecule has 2 rings (SSSR count). The molecule has 0 fully saturated rings. The lowest BCUT2D eigenvalue weighted by Crippen LogP contribution is -1.95. The van der Waals surface area contributed by atoms with Gasteiger partial charge in [0, 0.05) is 18.0 Å². The highest BCUT2D eigenvalue weighted by Crippen LogP contribution is 2.08. The van der Waals surface area contributed by atoms with Crippen LogP contribution in [0.4, 0.5) is 5.69 Å². The lowest BCUT2D eigenvalue weighted by atomic mass is 10.2. The van der Waals surface area contributed by atoms with Crippen molar-refractivity contribution in [1.82, 2.24) is 9.97 Å². The van der Waals surface area contributed by atoms with Crippen LogP contribution in [0.5, 0.6) is 0 Å². The van der Waals surface area contributed by atoms with E-state index in [0.29, 0.717) is 17.1 Å². The largest absolute Gasteiger partial charge is 0.396 e. The number of pyridine rings is 2. The number of nitrogens with zero attached hydrogens (tertiary/aromatic N) is 3. The summed E-state index contributed by atoms with van der Waals surface area (Å²) in [5.41, 5.74) is 7.73. The Morgan fingerprint density at radius 2 is 1.82 bits per heavy atom. The number of rotatable bonds is 0. The molecule has 0 unspecified atom stereocenters. The molecule has 0 atom stereocenters. The summed E-state index contributed by atoms with van der Waals surface area (Å²) in [7, 11) is 0. The lowest BCUT2D eigenvalue weighted by molar-refractivity contribution is 1.24. The normalized spacial score (nSPS) is 8.88. The summed E-state index contributed by atoms with van der Waals surface area (Å²) in [5, 5.41) is 8.73. The van der Waals surface area contributed by atoms with E-state index in [-0.39, 0.29) is 0 Å². The average Bonchev–Trinajstić information content (AvgIpc) is 2.39.